The molecule has 0 saturated carbocycles. The van der Waals surface area contributed by atoms with Gasteiger partial charge in [0.05, 0.1) is 6.07 Å². The smallest absolute Gasteiger partial charge is 0.221 e. The highest BCUT2D eigenvalue weighted by Gasteiger charge is 2.00. The fraction of sp³-hybridized carbons (Fsp3) is 0.818. The second-order valence-electron chi connectivity index (χ2n) is 3.96. The first-order chi connectivity index (χ1) is 7.16. The van der Waals surface area contributed by atoms with E-state index in [4.69, 9.17) is 5.26 Å². The molecule has 4 nitrogen and oxygen atoms in total. The Balaban J connectivity index is 3.21. The quantitative estimate of drug-likeness (QED) is 0.590. The number of carbonyl (C=O) groups is 1. The summed E-state index contributed by atoms with van der Waals surface area (Å²) in [6.45, 7) is 6.38. The standard InChI is InChI=1S/C11H21N3O/c1-10(2)9-14-11(15)5-8-13-7-4-3-6-12/h10,13H,3-5,7-9H2,1-2H3,(H,14,15). The molecular formula is C11H21N3O. The van der Waals surface area contributed by atoms with Crippen LogP contribution in [-0.2, 0) is 4.79 Å². The molecule has 0 spiro atoms. The molecule has 0 aliphatic carbocycles. The highest BCUT2D eigenvalue weighted by atomic mass is 16.1. The number of amides is 1. The molecule has 0 atom stereocenters. The Morgan fingerprint density at radius 1 is 1.40 bits per heavy atom. The molecule has 15 heavy (non-hydrogen) atoms. The molecule has 86 valence electrons. The summed E-state index contributed by atoms with van der Waals surface area (Å²) in [4.78, 5) is 11.2. The molecule has 0 aliphatic heterocycles. The van der Waals surface area contributed by atoms with Gasteiger partial charge in [-0.1, -0.05) is 13.8 Å². The van der Waals surface area contributed by atoms with E-state index < -0.39 is 0 Å². The van der Waals surface area contributed by atoms with Gasteiger partial charge in [-0.05, 0) is 18.9 Å². The predicted octanol–water partition coefficient (Wildman–Crippen LogP) is 1.04. The van der Waals surface area contributed by atoms with Crippen molar-refractivity contribution in [2.45, 2.75) is 33.1 Å². The average molecular weight is 211 g/mol. The first kappa shape index (κ1) is 13.9. The van der Waals surface area contributed by atoms with Gasteiger partial charge in [-0.2, -0.15) is 5.26 Å². The highest BCUT2D eigenvalue weighted by Crippen LogP contribution is 1.88. The van der Waals surface area contributed by atoms with Crippen LogP contribution in [-0.4, -0.2) is 25.5 Å². The lowest BCUT2D eigenvalue weighted by atomic mass is 10.2. The zero-order chi connectivity index (χ0) is 11.5. The van der Waals surface area contributed by atoms with Crippen molar-refractivity contribution >= 4 is 5.91 Å². The van der Waals surface area contributed by atoms with E-state index in [1.807, 2.05) is 0 Å². The van der Waals surface area contributed by atoms with Crippen LogP contribution in [0.5, 0.6) is 0 Å². The second kappa shape index (κ2) is 9.47. The molecule has 0 aromatic carbocycles. The van der Waals surface area contributed by atoms with Gasteiger partial charge in [-0.25, -0.2) is 0 Å². The molecule has 0 aliphatic rings. The predicted molar refractivity (Wildman–Crippen MR) is 60.2 cm³/mol. The van der Waals surface area contributed by atoms with E-state index in [9.17, 15) is 4.79 Å². The topological polar surface area (TPSA) is 64.9 Å². The molecule has 0 bridgehead atoms. The van der Waals surface area contributed by atoms with Crippen molar-refractivity contribution in [3.63, 3.8) is 0 Å². The Morgan fingerprint density at radius 3 is 2.73 bits per heavy atom. The lowest BCUT2D eigenvalue weighted by Gasteiger charge is -2.07. The Kier molecular flexibility index (Phi) is 8.79. The van der Waals surface area contributed by atoms with Crippen molar-refractivity contribution in [3.05, 3.63) is 0 Å². The van der Waals surface area contributed by atoms with Crippen LogP contribution in [0.1, 0.15) is 33.1 Å². The lowest BCUT2D eigenvalue weighted by Crippen LogP contribution is -2.30. The van der Waals surface area contributed by atoms with Crippen molar-refractivity contribution < 1.29 is 4.79 Å². The van der Waals surface area contributed by atoms with Crippen LogP contribution in [0.15, 0.2) is 0 Å². The fourth-order valence-electron chi connectivity index (χ4n) is 1.03. The van der Waals surface area contributed by atoms with Crippen molar-refractivity contribution in [1.82, 2.24) is 10.6 Å². The van der Waals surface area contributed by atoms with Crippen molar-refractivity contribution in [3.8, 4) is 6.07 Å². The minimum absolute atomic E-state index is 0.0940. The third-order valence-electron chi connectivity index (χ3n) is 1.88. The van der Waals surface area contributed by atoms with Gasteiger partial charge in [0.1, 0.15) is 0 Å². The number of hydrogen-bond acceptors (Lipinski definition) is 3. The zero-order valence-electron chi connectivity index (χ0n) is 9.68. The summed E-state index contributed by atoms with van der Waals surface area (Å²) < 4.78 is 0. The minimum atomic E-state index is 0.0940. The van der Waals surface area contributed by atoms with Gasteiger partial charge in [0.25, 0.3) is 0 Å². The maximum absolute atomic E-state index is 11.2. The summed E-state index contributed by atoms with van der Waals surface area (Å²) in [7, 11) is 0. The number of nitrogens with one attached hydrogen (secondary N) is 2. The minimum Gasteiger partial charge on any atom is -0.356 e. The van der Waals surface area contributed by atoms with Gasteiger partial charge in [0.15, 0.2) is 0 Å². The summed E-state index contributed by atoms with van der Waals surface area (Å²) in [6, 6.07) is 2.08. The number of unbranched alkanes of at least 4 members (excludes halogenated alkanes) is 1. The zero-order valence-corrected chi connectivity index (χ0v) is 9.68. The van der Waals surface area contributed by atoms with E-state index in [-0.39, 0.29) is 5.91 Å². The number of nitrogens with zero attached hydrogens (tertiary/aromatic N) is 1. The summed E-state index contributed by atoms with van der Waals surface area (Å²) in [6.07, 6.45) is 1.94. The van der Waals surface area contributed by atoms with Crippen LogP contribution < -0.4 is 10.6 Å². The van der Waals surface area contributed by atoms with Crippen molar-refractivity contribution in [1.29, 1.82) is 5.26 Å². The third kappa shape index (κ3) is 10.8. The van der Waals surface area contributed by atoms with Gasteiger partial charge in [-0.3, -0.25) is 4.79 Å². The lowest BCUT2D eigenvalue weighted by molar-refractivity contribution is -0.121. The number of hydrogen-bond donors (Lipinski definition) is 2. The fourth-order valence-corrected chi connectivity index (χ4v) is 1.03. The maximum Gasteiger partial charge on any atom is 0.221 e. The monoisotopic (exact) mass is 211 g/mol. The molecule has 4 heteroatoms. The summed E-state index contributed by atoms with van der Waals surface area (Å²) in [5, 5.41) is 14.3. The van der Waals surface area contributed by atoms with Crippen LogP contribution in [0.3, 0.4) is 0 Å². The van der Waals surface area contributed by atoms with E-state index in [1.54, 1.807) is 0 Å². The Bertz CT molecular complexity index is 208. The maximum atomic E-state index is 11.2. The Morgan fingerprint density at radius 2 is 2.13 bits per heavy atom. The first-order valence-electron chi connectivity index (χ1n) is 5.51. The van der Waals surface area contributed by atoms with Crippen molar-refractivity contribution in [2.75, 3.05) is 19.6 Å². The largest absolute Gasteiger partial charge is 0.356 e. The molecule has 0 aromatic rings. The summed E-state index contributed by atoms with van der Waals surface area (Å²) in [5.41, 5.74) is 0. The van der Waals surface area contributed by atoms with Gasteiger partial charge >= 0.3 is 0 Å². The van der Waals surface area contributed by atoms with E-state index >= 15 is 0 Å². The number of rotatable bonds is 8. The highest BCUT2D eigenvalue weighted by molar-refractivity contribution is 5.76. The summed E-state index contributed by atoms with van der Waals surface area (Å²) >= 11 is 0. The van der Waals surface area contributed by atoms with E-state index in [0.717, 1.165) is 19.5 Å². The van der Waals surface area contributed by atoms with Crippen LogP contribution >= 0.6 is 0 Å². The summed E-state index contributed by atoms with van der Waals surface area (Å²) in [5.74, 6) is 0.592. The van der Waals surface area contributed by atoms with Crippen LogP contribution in [0.2, 0.25) is 0 Å². The molecule has 1 amide bonds. The van der Waals surface area contributed by atoms with Crippen LogP contribution in [0.4, 0.5) is 0 Å². The van der Waals surface area contributed by atoms with Crippen molar-refractivity contribution in [2.24, 2.45) is 5.92 Å². The molecular weight excluding hydrogens is 190 g/mol. The second-order valence-corrected chi connectivity index (χ2v) is 3.96. The number of nitriles is 1. The number of carbonyl (C=O) groups excluding carboxylic acids is 1. The molecule has 0 aromatic heterocycles. The molecule has 0 fully saturated rings. The average Bonchev–Trinajstić information content (AvgIpc) is 2.20. The van der Waals surface area contributed by atoms with Gasteiger partial charge in [0.2, 0.25) is 5.91 Å². The molecule has 2 N–H and O–H groups in total. The molecule has 0 saturated heterocycles. The normalized spacial score (nSPS) is 10.0. The van der Waals surface area contributed by atoms with Crippen LogP contribution in [0.25, 0.3) is 0 Å². The third-order valence-corrected chi connectivity index (χ3v) is 1.88. The SMILES string of the molecule is CC(C)CNC(=O)CCNCCCC#N. The van der Waals surface area contributed by atoms with Gasteiger partial charge in [-0.15, -0.1) is 0 Å². The van der Waals surface area contributed by atoms with Gasteiger partial charge in [0, 0.05) is 25.9 Å². The van der Waals surface area contributed by atoms with E-state index in [1.165, 1.54) is 0 Å². The molecule has 0 rings (SSSR count). The Labute approximate surface area is 92.0 Å². The van der Waals surface area contributed by atoms with E-state index in [0.29, 0.717) is 25.3 Å². The Hall–Kier alpha value is -1.08. The van der Waals surface area contributed by atoms with Gasteiger partial charge < -0.3 is 10.6 Å². The van der Waals surface area contributed by atoms with Crippen LogP contribution in [0, 0.1) is 17.2 Å². The molecule has 0 unspecified atom stereocenters. The first-order valence-corrected chi connectivity index (χ1v) is 5.51. The van der Waals surface area contributed by atoms with E-state index in [2.05, 4.69) is 30.6 Å². The molecule has 0 radical (unpaired) electrons. The molecule has 0 heterocycles.